The van der Waals surface area contributed by atoms with Crippen molar-refractivity contribution in [2.45, 2.75) is 25.7 Å². The number of rotatable bonds is 3. The molecule has 0 fully saturated rings. The summed E-state index contributed by atoms with van der Waals surface area (Å²) in [5.74, 6) is -0.795. The van der Waals surface area contributed by atoms with Crippen molar-refractivity contribution in [3.63, 3.8) is 0 Å². The first kappa shape index (κ1) is 13.2. The molecular weight excluding hydrogens is 244 g/mol. The molecule has 0 spiro atoms. The Kier molecular flexibility index (Phi) is 3.10. The molecule has 100 valence electrons. The predicted octanol–water partition coefficient (Wildman–Crippen LogP) is 3.00. The van der Waals surface area contributed by atoms with E-state index in [0.29, 0.717) is 10.9 Å². The third-order valence-corrected chi connectivity index (χ3v) is 3.25. The minimum Gasteiger partial charge on any atom is -0.508 e. The van der Waals surface area contributed by atoms with Crippen LogP contribution in [0.3, 0.4) is 0 Å². The molecule has 0 aromatic heterocycles. The minimum absolute atomic E-state index is 0.0457. The van der Waals surface area contributed by atoms with Crippen molar-refractivity contribution in [3.05, 3.63) is 35.9 Å². The van der Waals surface area contributed by atoms with Crippen LogP contribution in [0.2, 0.25) is 0 Å². The summed E-state index contributed by atoms with van der Waals surface area (Å²) in [6.07, 6.45) is -0.102. The summed E-state index contributed by atoms with van der Waals surface area (Å²) in [6, 6.07) is 8.15. The Morgan fingerprint density at radius 3 is 2.42 bits per heavy atom. The molecule has 0 saturated heterocycles. The van der Waals surface area contributed by atoms with E-state index in [2.05, 4.69) is 0 Å². The first-order chi connectivity index (χ1) is 8.81. The van der Waals surface area contributed by atoms with Gasteiger partial charge in [0, 0.05) is 11.0 Å². The fourth-order valence-electron chi connectivity index (χ4n) is 2.47. The number of phenolic OH excluding ortho intramolecular Hbond substituents is 2. The molecule has 0 heterocycles. The second-order valence-corrected chi connectivity index (χ2v) is 5.32. The molecule has 2 aromatic carbocycles. The molecule has 0 amide bonds. The SMILES string of the molecule is CC(C)(CC(=O)O)c1c(O)ccc2ccc(O)cc12. The van der Waals surface area contributed by atoms with Crippen LogP contribution in [0.1, 0.15) is 25.8 Å². The Labute approximate surface area is 110 Å². The fraction of sp³-hybridized carbons (Fsp3) is 0.267. The van der Waals surface area contributed by atoms with Crippen LogP contribution in [0.5, 0.6) is 11.5 Å². The van der Waals surface area contributed by atoms with E-state index < -0.39 is 11.4 Å². The summed E-state index contributed by atoms with van der Waals surface area (Å²) in [6.45, 7) is 3.53. The van der Waals surface area contributed by atoms with Crippen molar-refractivity contribution < 1.29 is 20.1 Å². The standard InChI is InChI=1S/C15H16O4/c1-15(2,8-13(18)19)14-11-7-10(16)5-3-9(11)4-6-12(14)17/h3-7,16-17H,8H2,1-2H3,(H,18,19). The lowest BCUT2D eigenvalue weighted by Gasteiger charge is -2.26. The van der Waals surface area contributed by atoms with E-state index in [9.17, 15) is 15.0 Å². The molecule has 0 aliphatic carbocycles. The second-order valence-electron chi connectivity index (χ2n) is 5.32. The maximum absolute atomic E-state index is 11.0. The van der Waals surface area contributed by atoms with Crippen LogP contribution in [0.4, 0.5) is 0 Å². The van der Waals surface area contributed by atoms with E-state index in [1.54, 1.807) is 44.2 Å². The Hall–Kier alpha value is -2.23. The van der Waals surface area contributed by atoms with Crippen molar-refractivity contribution >= 4 is 16.7 Å². The van der Waals surface area contributed by atoms with Gasteiger partial charge in [0.2, 0.25) is 0 Å². The normalized spacial score (nSPS) is 11.7. The van der Waals surface area contributed by atoms with E-state index in [-0.39, 0.29) is 17.9 Å². The smallest absolute Gasteiger partial charge is 0.304 e. The summed E-state index contributed by atoms with van der Waals surface area (Å²) in [4.78, 5) is 11.0. The van der Waals surface area contributed by atoms with Gasteiger partial charge in [0.25, 0.3) is 0 Å². The molecule has 0 bridgehead atoms. The molecule has 4 nitrogen and oxygen atoms in total. The number of hydrogen-bond acceptors (Lipinski definition) is 3. The molecule has 2 rings (SSSR count). The fourth-order valence-corrected chi connectivity index (χ4v) is 2.47. The minimum atomic E-state index is -0.929. The molecule has 2 aromatic rings. The van der Waals surface area contributed by atoms with Crippen molar-refractivity contribution in [2.24, 2.45) is 0 Å². The summed E-state index contributed by atoms with van der Waals surface area (Å²) < 4.78 is 0. The van der Waals surface area contributed by atoms with Crippen LogP contribution in [-0.2, 0) is 10.2 Å². The average Bonchev–Trinajstić information content (AvgIpc) is 2.25. The van der Waals surface area contributed by atoms with E-state index in [1.807, 2.05) is 0 Å². The number of hydrogen-bond donors (Lipinski definition) is 3. The number of phenols is 2. The van der Waals surface area contributed by atoms with Gasteiger partial charge in [-0.2, -0.15) is 0 Å². The van der Waals surface area contributed by atoms with Crippen molar-refractivity contribution in [3.8, 4) is 11.5 Å². The van der Waals surface area contributed by atoms with Crippen molar-refractivity contribution in [2.75, 3.05) is 0 Å². The van der Waals surface area contributed by atoms with Gasteiger partial charge in [0.15, 0.2) is 0 Å². The molecular formula is C15H16O4. The number of carboxylic acid groups (broad SMARTS) is 1. The first-order valence-electron chi connectivity index (χ1n) is 5.98. The number of aromatic hydroxyl groups is 2. The van der Waals surface area contributed by atoms with E-state index in [0.717, 1.165) is 5.39 Å². The van der Waals surface area contributed by atoms with Gasteiger partial charge < -0.3 is 15.3 Å². The highest BCUT2D eigenvalue weighted by Gasteiger charge is 2.29. The van der Waals surface area contributed by atoms with Gasteiger partial charge in [-0.15, -0.1) is 0 Å². The predicted molar refractivity (Wildman–Crippen MR) is 72.6 cm³/mol. The molecule has 0 aliphatic heterocycles. The maximum atomic E-state index is 11.0. The quantitative estimate of drug-likeness (QED) is 0.792. The Morgan fingerprint density at radius 1 is 1.16 bits per heavy atom. The monoisotopic (exact) mass is 260 g/mol. The molecule has 3 N–H and O–H groups in total. The van der Waals surface area contributed by atoms with Crippen LogP contribution in [-0.4, -0.2) is 21.3 Å². The number of aliphatic carboxylic acids is 1. The summed E-state index contributed by atoms with van der Waals surface area (Å²) >= 11 is 0. The zero-order valence-electron chi connectivity index (χ0n) is 10.8. The average molecular weight is 260 g/mol. The van der Waals surface area contributed by atoms with Gasteiger partial charge in [-0.1, -0.05) is 26.0 Å². The molecule has 0 atom stereocenters. The zero-order valence-corrected chi connectivity index (χ0v) is 10.8. The van der Waals surface area contributed by atoms with Crippen LogP contribution < -0.4 is 0 Å². The van der Waals surface area contributed by atoms with E-state index in [1.165, 1.54) is 0 Å². The van der Waals surface area contributed by atoms with E-state index in [4.69, 9.17) is 5.11 Å². The lowest BCUT2D eigenvalue weighted by Crippen LogP contribution is -2.22. The highest BCUT2D eigenvalue weighted by molar-refractivity contribution is 5.90. The second kappa shape index (κ2) is 4.46. The van der Waals surface area contributed by atoms with Gasteiger partial charge in [-0.05, 0) is 29.0 Å². The van der Waals surface area contributed by atoms with Crippen LogP contribution in [0.25, 0.3) is 10.8 Å². The highest BCUT2D eigenvalue weighted by atomic mass is 16.4. The Bertz CT molecular complexity index is 639. The first-order valence-corrected chi connectivity index (χ1v) is 5.98. The topological polar surface area (TPSA) is 77.8 Å². The summed E-state index contributed by atoms with van der Waals surface area (Å²) in [5, 5.41) is 30.2. The maximum Gasteiger partial charge on any atom is 0.304 e. The third kappa shape index (κ3) is 2.47. The van der Waals surface area contributed by atoms with Crippen LogP contribution in [0, 0.1) is 0 Å². The van der Waals surface area contributed by atoms with Crippen molar-refractivity contribution in [1.29, 1.82) is 0 Å². The lowest BCUT2D eigenvalue weighted by molar-refractivity contribution is -0.138. The largest absolute Gasteiger partial charge is 0.508 e. The molecule has 4 heteroatoms. The van der Waals surface area contributed by atoms with Gasteiger partial charge >= 0.3 is 5.97 Å². The third-order valence-electron chi connectivity index (χ3n) is 3.25. The Balaban J connectivity index is 2.73. The van der Waals surface area contributed by atoms with Crippen LogP contribution >= 0.6 is 0 Å². The number of carbonyl (C=O) groups is 1. The van der Waals surface area contributed by atoms with Gasteiger partial charge in [0.05, 0.1) is 6.42 Å². The molecule has 0 saturated carbocycles. The molecule has 0 radical (unpaired) electrons. The number of benzene rings is 2. The molecule has 0 unspecified atom stereocenters. The van der Waals surface area contributed by atoms with E-state index >= 15 is 0 Å². The number of carboxylic acids is 1. The summed E-state index contributed by atoms with van der Waals surface area (Å²) in [7, 11) is 0. The van der Waals surface area contributed by atoms with Gasteiger partial charge in [-0.3, -0.25) is 4.79 Å². The van der Waals surface area contributed by atoms with Crippen molar-refractivity contribution in [1.82, 2.24) is 0 Å². The zero-order chi connectivity index (χ0) is 14.2. The molecule has 0 aliphatic rings. The van der Waals surface area contributed by atoms with Gasteiger partial charge in [-0.25, -0.2) is 0 Å². The van der Waals surface area contributed by atoms with Crippen LogP contribution in [0.15, 0.2) is 30.3 Å². The summed E-state index contributed by atoms with van der Waals surface area (Å²) in [5.41, 5.74) is -0.188. The number of fused-ring (bicyclic) bond motifs is 1. The van der Waals surface area contributed by atoms with Gasteiger partial charge in [0.1, 0.15) is 11.5 Å². The highest BCUT2D eigenvalue weighted by Crippen LogP contribution is 2.40. The lowest BCUT2D eigenvalue weighted by atomic mass is 9.78. The molecule has 19 heavy (non-hydrogen) atoms. The Morgan fingerprint density at radius 2 is 1.79 bits per heavy atom.